The number of oxazole rings is 1. The van der Waals surface area contributed by atoms with Crippen LogP contribution in [0.15, 0.2) is 28.9 Å². The van der Waals surface area contributed by atoms with E-state index in [1.165, 1.54) is 24.0 Å². The first-order valence-corrected chi connectivity index (χ1v) is 12.0. The quantitative estimate of drug-likeness (QED) is 0.670. The summed E-state index contributed by atoms with van der Waals surface area (Å²) in [7, 11) is 0. The number of piperidine rings is 1. The van der Waals surface area contributed by atoms with E-state index >= 15 is 0 Å². The molecule has 1 aliphatic heterocycles. The molecule has 172 valence electrons. The maximum atomic E-state index is 8.96. The van der Waals surface area contributed by atoms with E-state index in [-0.39, 0.29) is 17.4 Å². The highest BCUT2D eigenvalue weighted by atomic mass is 16.3. The molecule has 1 saturated heterocycles. The standard InChI is InChI=1S/C24H35N3O2.C2H6/c1-23(2)9-10-24(3,4)20-15-18(5-6-19(20)23)22-26-21(16-29-22)17-7-12-27(13-8-17)25-11-14-28;1-2/h5-6,15-17,25,28H,7-14H2,1-4H3;1-2H3. The molecule has 0 spiro atoms. The van der Waals surface area contributed by atoms with Gasteiger partial charge in [0.1, 0.15) is 6.26 Å². The number of hydrogen-bond donors (Lipinski definition) is 2. The maximum Gasteiger partial charge on any atom is 0.226 e. The molecule has 5 heteroatoms. The van der Waals surface area contributed by atoms with Gasteiger partial charge in [0.25, 0.3) is 0 Å². The van der Waals surface area contributed by atoms with E-state index in [1.807, 2.05) is 20.1 Å². The average Bonchev–Trinajstić information content (AvgIpc) is 3.27. The van der Waals surface area contributed by atoms with Crippen molar-refractivity contribution in [3.63, 3.8) is 0 Å². The first-order chi connectivity index (χ1) is 14.8. The number of nitrogens with zero attached hydrogens (tertiary/aromatic N) is 2. The van der Waals surface area contributed by atoms with Crippen molar-refractivity contribution in [2.24, 2.45) is 0 Å². The molecule has 5 nitrogen and oxygen atoms in total. The van der Waals surface area contributed by atoms with Crippen molar-refractivity contribution in [2.45, 2.75) is 84.0 Å². The highest BCUT2D eigenvalue weighted by molar-refractivity contribution is 5.59. The number of aliphatic hydroxyl groups excluding tert-OH is 1. The van der Waals surface area contributed by atoms with Crippen LogP contribution in [0, 0.1) is 0 Å². The van der Waals surface area contributed by atoms with Crippen LogP contribution in [0.25, 0.3) is 11.5 Å². The van der Waals surface area contributed by atoms with Crippen LogP contribution >= 0.6 is 0 Å². The fourth-order valence-corrected chi connectivity index (χ4v) is 4.87. The number of rotatable bonds is 5. The topological polar surface area (TPSA) is 61.5 Å². The van der Waals surface area contributed by atoms with E-state index in [0.717, 1.165) is 43.1 Å². The zero-order valence-electron chi connectivity index (χ0n) is 20.3. The van der Waals surface area contributed by atoms with Gasteiger partial charge in [-0.15, -0.1) is 0 Å². The van der Waals surface area contributed by atoms with Gasteiger partial charge in [-0.25, -0.2) is 9.99 Å². The Morgan fingerprint density at radius 1 is 1.06 bits per heavy atom. The van der Waals surface area contributed by atoms with Crippen molar-refractivity contribution < 1.29 is 9.52 Å². The van der Waals surface area contributed by atoms with Crippen LogP contribution in [-0.2, 0) is 10.8 Å². The zero-order chi connectivity index (χ0) is 22.6. The summed E-state index contributed by atoms with van der Waals surface area (Å²) in [6.07, 6.45) is 6.38. The molecule has 0 amide bonds. The summed E-state index contributed by atoms with van der Waals surface area (Å²) in [5.74, 6) is 1.18. The van der Waals surface area contributed by atoms with E-state index < -0.39 is 0 Å². The molecule has 0 unspecified atom stereocenters. The van der Waals surface area contributed by atoms with Gasteiger partial charge in [-0.2, -0.15) is 0 Å². The summed E-state index contributed by atoms with van der Waals surface area (Å²) in [6.45, 7) is 16.1. The molecule has 1 aromatic heterocycles. The molecule has 1 fully saturated rings. The van der Waals surface area contributed by atoms with Gasteiger partial charge < -0.3 is 9.52 Å². The Balaban J connectivity index is 0.00000132. The number of aromatic nitrogens is 1. The van der Waals surface area contributed by atoms with E-state index in [4.69, 9.17) is 14.5 Å². The second kappa shape index (κ2) is 9.85. The summed E-state index contributed by atoms with van der Waals surface area (Å²) in [4.78, 5) is 4.88. The monoisotopic (exact) mass is 427 g/mol. The minimum atomic E-state index is 0.168. The maximum absolute atomic E-state index is 8.96. The van der Waals surface area contributed by atoms with Crippen molar-refractivity contribution in [1.82, 2.24) is 15.4 Å². The Kier molecular flexibility index (Phi) is 7.61. The second-order valence-corrected chi connectivity index (χ2v) is 10.00. The van der Waals surface area contributed by atoms with Crippen LogP contribution in [-0.4, -0.2) is 41.3 Å². The van der Waals surface area contributed by atoms with Crippen LogP contribution in [0.1, 0.15) is 90.0 Å². The number of hydrogen-bond acceptors (Lipinski definition) is 5. The number of nitrogens with one attached hydrogen (secondary N) is 1. The van der Waals surface area contributed by atoms with Gasteiger partial charge in [-0.05, 0) is 59.8 Å². The SMILES string of the molecule is CC.CC1(C)CCC(C)(C)c2cc(-c3nc(C4CCN(NCCO)CC4)co3)ccc21. The van der Waals surface area contributed by atoms with E-state index in [1.54, 1.807) is 0 Å². The fourth-order valence-electron chi connectivity index (χ4n) is 4.87. The molecule has 0 bridgehead atoms. The van der Waals surface area contributed by atoms with Gasteiger partial charge in [0.15, 0.2) is 0 Å². The lowest BCUT2D eigenvalue weighted by Crippen LogP contribution is -2.44. The van der Waals surface area contributed by atoms with E-state index in [2.05, 4.69) is 56.3 Å². The molecule has 2 aromatic rings. The Hall–Kier alpha value is -1.69. The number of aliphatic hydroxyl groups is 1. The van der Waals surface area contributed by atoms with Gasteiger partial charge in [0, 0.05) is 31.1 Å². The lowest BCUT2D eigenvalue weighted by atomic mass is 9.63. The third-order valence-corrected chi connectivity index (χ3v) is 6.98. The third-order valence-electron chi connectivity index (χ3n) is 6.98. The molecule has 0 radical (unpaired) electrons. The molecule has 2 aliphatic rings. The minimum absolute atomic E-state index is 0.168. The van der Waals surface area contributed by atoms with Gasteiger partial charge in [0.05, 0.1) is 12.3 Å². The highest BCUT2D eigenvalue weighted by Crippen LogP contribution is 2.46. The molecular formula is C26H41N3O2. The van der Waals surface area contributed by atoms with Crippen LogP contribution in [0.5, 0.6) is 0 Å². The average molecular weight is 428 g/mol. The third kappa shape index (κ3) is 5.21. The van der Waals surface area contributed by atoms with Crippen molar-refractivity contribution in [1.29, 1.82) is 0 Å². The summed E-state index contributed by atoms with van der Waals surface area (Å²) in [6, 6.07) is 6.78. The van der Waals surface area contributed by atoms with E-state index in [9.17, 15) is 0 Å². The van der Waals surface area contributed by atoms with Gasteiger partial charge in [0.2, 0.25) is 5.89 Å². The molecule has 4 rings (SSSR count). The lowest BCUT2D eigenvalue weighted by Gasteiger charge is -2.42. The zero-order valence-corrected chi connectivity index (χ0v) is 20.3. The molecular weight excluding hydrogens is 386 g/mol. The van der Waals surface area contributed by atoms with Crippen LogP contribution in [0.4, 0.5) is 0 Å². The van der Waals surface area contributed by atoms with Gasteiger partial charge >= 0.3 is 0 Å². The molecule has 0 saturated carbocycles. The highest BCUT2D eigenvalue weighted by Gasteiger charge is 2.37. The largest absolute Gasteiger partial charge is 0.444 e. The lowest BCUT2D eigenvalue weighted by molar-refractivity contribution is 0.128. The van der Waals surface area contributed by atoms with Crippen LogP contribution in [0.2, 0.25) is 0 Å². The summed E-state index contributed by atoms with van der Waals surface area (Å²) in [5.41, 5.74) is 8.73. The number of hydrazine groups is 1. The van der Waals surface area contributed by atoms with Crippen LogP contribution in [0.3, 0.4) is 0 Å². The summed E-state index contributed by atoms with van der Waals surface area (Å²) < 4.78 is 5.93. The Morgan fingerprint density at radius 3 is 2.35 bits per heavy atom. The second-order valence-electron chi connectivity index (χ2n) is 10.00. The molecule has 1 aromatic carbocycles. The van der Waals surface area contributed by atoms with Gasteiger partial charge in [-0.1, -0.05) is 47.6 Å². The molecule has 2 N–H and O–H groups in total. The van der Waals surface area contributed by atoms with E-state index in [0.29, 0.717) is 12.5 Å². The van der Waals surface area contributed by atoms with Crippen LogP contribution < -0.4 is 5.43 Å². The van der Waals surface area contributed by atoms with Crippen molar-refractivity contribution in [3.05, 3.63) is 41.3 Å². The predicted molar refractivity (Wildman–Crippen MR) is 127 cm³/mol. The molecule has 1 aliphatic carbocycles. The fraction of sp³-hybridized carbons (Fsp3) is 0.654. The summed E-state index contributed by atoms with van der Waals surface area (Å²) in [5, 5.41) is 11.2. The smallest absolute Gasteiger partial charge is 0.226 e. The first kappa shape index (κ1) is 24.0. The molecule has 2 heterocycles. The molecule has 0 atom stereocenters. The summed E-state index contributed by atoms with van der Waals surface area (Å²) >= 11 is 0. The Labute approximate surface area is 188 Å². The normalized spacial score (nSPS) is 20.6. The number of fused-ring (bicyclic) bond motifs is 1. The van der Waals surface area contributed by atoms with Gasteiger partial charge in [-0.3, -0.25) is 5.43 Å². The van der Waals surface area contributed by atoms with Crippen molar-refractivity contribution in [2.75, 3.05) is 26.2 Å². The first-order valence-electron chi connectivity index (χ1n) is 12.0. The minimum Gasteiger partial charge on any atom is -0.444 e. The van der Waals surface area contributed by atoms with Crippen molar-refractivity contribution >= 4 is 0 Å². The predicted octanol–water partition coefficient (Wildman–Crippen LogP) is 5.39. The van der Waals surface area contributed by atoms with Crippen molar-refractivity contribution in [3.8, 4) is 11.5 Å². The number of benzene rings is 1. The Morgan fingerprint density at radius 2 is 1.71 bits per heavy atom. The molecule has 31 heavy (non-hydrogen) atoms. The Bertz CT molecular complexity index is 848.